The minimum atomic E-state index is 0.262. The smallest absolute Gasteiger partial charge is 0.181 e. The molecule has 0 unspecified atom stereocenters. The number of nitrogens with zero attached hydrogens (tertiary/aromatic N) is 1. The van der Waals surface area contributed by atoms with Gasteiger partial charge in [0.25, 0.3) is 0 Å². The zero-order chi connectivity index (χ0) is 20.7. The van der Waals surface area contributed by atoms with Crippen LogP contribution in [0.4, 0.5) is 0 Å². The molecule has 0 radical (unpaired) electrons. The van der Waals surface area contributed by atoms with E-state index >= 15 is 0 Å². The summed E-state index contributed by atoms with van der Waals surface area (Å²) in [5.41, 5.74) is 8.00. The molecule has 5 rings (SSSR count). The van der Waals surface area contributed by atoms with Crippen LogP contribution in [0.1, 0.15) is 12.6 Å². The monoisotopic (exact) mass is 441 g/mol. The average molecular weight is 442 g/mol. The second-order valence-corrected chi connectivity index (χ2v) is 8.70. The van der Waals surface area contributed by atoms with E-state index in [1.54, 1.807) is 41.9 Å². The zero-order valence-corrected chi connectivity index (χ0v) is 17.8. The Hall–Kier alpha value is -3.04. The van der Waals surface area contributed by atoms with E-state index in [1.807, 2.05) is 17.5 Å². The molecule has 0 aliphatic carbocycles. The summed E-state index contributed by atoms with van der Waals surface area (Å²) < 4.78 is 23.6. The van der Waals surface area contributed by atoms with Crippen LogP contribution in [0.15, 0.2) is 35.5 Å². The van der Waals surface area contributed by atoms with Crippen LogP contribution in [0, 0.1) is 5.41 Å². The van der Waals surface area contributed by atoms with Gasteiger partial charge < -0.3 is 24.7 Å². The SMILES string of the molecule is CC(N)=CC(=N)c1cc(-c2sc(-c3scc4c3OCCO4)c3c2OCCO3)ccn1. The number of rotatable bonds is 4. The lowest BCUT2D eigenvalue weighted by Crippen LogP contribution is -2.15. The van der Waals surface area contributed by atoms with Crippen molar-refractivity contribution < 1.29 is 18.9 Å². The van der Waals surface area contributed by atoms with Crippen molar-refractivity contribution in [3.05, 3.63) is 41.2 Å². The molecule has 30 heavy (non-hydrogen) atoms. The Morgan fingerprint density at radius 2 is 1.73 bits per heavy atom. The third kappa shape index (κ3) is 3.29. The van der Waals surface area contributed by atoms with Crippen LogP contribution in [0.3, 0.4) is 0 Å². The highest BCUT2D eigenvalue weighted by atomic mass is 32.1. The number of allylic oxidation sites excluding steroid dienone is 2. The van der Waals surface area contributed by atoms with Crippen molar-refractivity contribution in [3.63, 3.8) is 0 Å². The standard InChI is InChI=1S/C21H19N3O4S2/c1-11(22)8-13(23)14-9-12(2-3-24-14)19-17-18(28-7-6-27-17)21(30-19)20-16-15(10-29-20)25-4-5-26-16/h2-3,8-10,23H,4-7,22H2,1H3. The number of pyridine rings is 1. The van der Waals surface area contributed by atoms with Crippen LogP contribution in [0.2, 0.25) is 0 Å². The second-order valence-electron chi connectivity index (χ2n) is 6.80. The summed E-state index contributed by atoms with van der Waals surface area (Å²) in [5, 5.41) is 10.2. The number of thiophene rings is 2. The fourth-order valence-corrected chi connectivity index (χ4v) is 5.59. The molecule has 0 amide bonds. The fourth-order valence-electron chi connectivity index (χ4n) is 3.33. The average Bonchev–Trinajstić information content (AvgIpc) is 3.35. The molecule has 2 aliphatic heterocycles. The molecule has 0 atom stereocenters. The molecule has 0 bridgehead atoms. The molecule has 3 N–H and O–H groups in total. The number of hydrogen-bond donors (Lipinski definition) is 2. The van der Waals surface area contributed by atoms with E-state index in [0.29, 0.717) is 43.6 Å². The van der Waals surface area contributed by atoms with Crippen LogP contribution in [-0.4, -0.2) is 37.1 Å². The number of aromatic nitrogens is 1. The van der Waals surface area contributed by atoms with Gasteiger partial charge in [0.1, 0.15) is 26.4 Å². The van der Waals surface area contributed by atoms with Crippen molar-refractivity contribution in [2.75, 3.05) is 26.4 Å². The summed E-state index contributed by atoms with van der Waals surface area (Å²) >= 11 is 3.15. The van der Waals surface area contributed by atoms with E-state index < -0.39 is 0 Å². The Bertz CT molecular complexity index is 1160. The molecule has 9 heteroatoms. The van der Waals surface area contributed by atoms with Gasteiger partial charge in [-0.2, -0.15) is 0 Å². The Kier molecular flexibility index (Phi) is 4.84. The first-order chi connectivity index (χ1) is 14.6. The first kappa shape index (κ1) is 19.0. The molecular formula is C21H19N3O4S2. The first-order valence-corrected chi connectivity index (χ1v) is 11.1. The van der Waals surface area contributed by atoms with Crippen molar-refractivity contribution in [1.29, 1.82) is 5.41 Å². The summed E-state index contributed by atoms with van der Waals surface area (Å²) in [5.74, 6) is 2.97. The molecule has 7 nitrogen and oxygen atoms in total. The zero-order valence-electron chi connectivity index (χ0n) is 16.2. The van der Waals surface area contributed by atoms with Crippen LogP contribution in [0.25, 0.3) is 20.2 Å². The Balaban J connectivity index is 1.62. The second kappa shape index (κ2) is 7.66. The summed E-state index contributed by atoms with van der Waals surface area (Å²) in [7, 11) is 0. The highest BCUT2D eigenvalue weighted by molar-refractivity contribution is 7.24. The predicted octanol–water partition coefficient (Wildman–Crippen LogP) is 4.31. The molecule has 154 valence electrons. The molecule has 3 aromatic heterocycles. The third-order valence-electron chi connectivity index (χ3n) is 4.58. The van der Waals surface area contributed by atoms with Crippen LogP contribution < -0.4 is 24.7 Å². The third-order valence-corrected chi connectivity index (χ3v) is 6.88. The van der Waals surface area contributed by atoms with Crippen molar-refractivity contribution >= 4 is 28.4 Å². The van der Waals surface area contributed by atoms with E-state index in [1.165, 1.54) is 0 Å². The van der Waals surface area contributed by atoms with Crippen molar-refractivity contribution in [1.82, 2.24) is 4.98 Å². The lowest BCUT2D eigenvalue weighted by Gasteiger charge is -2.18. The summed E-state index contributed by atoms with van der Waals surface area (Å²) in [6.45, 7) is 3.81. The van der Waals surface area contributed by atoms with Gasteiger partial charge in [-0.1, -0.05) is 0 Å². The van der Waals surface area contributed by atoms with Gasteiger partial charge in [-0.3, -0.25) is 10.4 Å². The maximum Gasteiger partial charge on any atom is 0.181 e. The van der Waals surface area contributed by atoms with Gasteiger partial charge in [0.05, 0.1) is 26.0 Å². The van der Waals surface area contributed by atoms with Gasteiger partial charge in [-0.05, 0) is 30.7 Å². The molecule has 0 fully saturated rings. The number of nitrogens with two attached hydrogens (primary N) is 1. The Morgan fingerprint density at radius 3 is 2.50 bits per heavy atom. The van der Waals surface area contributed by atoms with Gasteiger partial charge in [-0.25, -0.2) is 0 Å². The molecule has 0 aromatic carbocycles. The van der Waals surface area contributed by atoms with Crippen LogP contribution in [-0.2, 0) is 0 Å². The van der Waals surface area contributed by atoms with Crippen LogP contribution in [0.5, 0.6) is 23.0 Å². The highest BCUT2D eigenvalue weighted by Crippen LogP contribution is 2.58. The minimum absolute atomic E-state index is 0.262. The Labute approximate surface area is 181 Å². The van der Waals surface area contributed by atoms with Gasteiger partial charge in [0.15, 0.2) is 23.0 Å². The summed E-state index contributed by atoms with van der Waals surface area (Å²) in [6, 6.07) is 3.78. The molecule has 2 aliphatic rings. The quantitative estimate of drug-likeness (QED) is 0.585. The van der Waals surface area contributed by atoms with E-state index in [2.05, 4.69) is 4.98 Å². The van der Waals surface area contributed by atoms with Crippen molar-refractivity contribution in [2.45, 2.75) is 6.92 Å². The van der Waals surface area contributed by atoms with Gasteiger partial charge in [0.2, 0.25) is 0 Å². The van der Waals surface area contributed by atoms with E-state index in [-0.39, 0.29) is 5.71 Å². The largest absolute Gasteiger partial charge is 0.485 e. The van der Waals surface area contributed by atoms with E-state index in [9.17, 15) is 0 Å². The normalized spacial score (nSPS) is 15.2. The van der Waals surface area contributed by atoms with Crippen molar-refractivity contribution in [3.8, 4) is 43.2 Å². The highest BCUT2D eigenvalue weighted by Gasteiger charge is 2.30. The number of nitrogens with one attached hydrogen (secondary N) is 1. The molecule has 0 saturated heterocycles. The molecular weight excluding hydrogens is 422 g/mol. The van der Waals surface area contributed by atoms with Gasteiger partial charge in [0, 0.05) is 17.3 Å². The lowest BCUT2D eigenvalue weighted by molar-refractivity contribution is 0.172. The number of fused-ring (bicyclic) bond motifs is 2. The lowest BCUT2D eigenvalue weighted by atomic mass is 10.1. The molecule has 0 spiro atoms. The first-order valence-electron chi connectivity index (χ1n) is 9.41. The van der Waals surface area contributed by atoms with Gasteiger partial charge >= 0.3 is 0 Å². The topological polar surface area (TPSA) is 99.7 Å². The summed E-state index contributed by atoms with van der Waals surface area (Å²) in [6.07, 6.45) is 3.29. The molecule has 0 saturated carbocycles. The fraction of sp³-hybridized carbons (Fsp3) is 0.238. The molecule has 3 aromatic rings. The minimum Gasteiger partial charge on any atom is -0.485 e. The maximum atomic E-state index is 8.23. The summed E-state index contributed by atoms with van der Waals surface area (Å²) in [4.78, 5) is 7.19. The van der Waals surface area contributed by atoms with Crippen LogP contribution >= 0.6 is 22.7 Å². The van der Waals surface area contributed by atoms with E-state index in [0.717, 1.165) is 37.4 Å². The number of hydrogen-bond acceptors (Lipinski definition) is 9. The predicted molar refractivity (Wildman–Crippen MR) is 118 cm³/mol. The number of ether oxygens (including phenoxy) is 4. The molecule has 5 heterocycles. The van der Waals surface area contributed by atoms with Crippen molar-refractivity contribution in [2.24, 2.45) is 5.73 Å². The van der Waals surface area contributed by atoms with E-state index in [4.69, 9.17) is 30.1 Å². The van der Waals surface area contributed by atoms with Gasteiger partial charge in [-0.15, -0.1) is 22.7 Å². The maximum absolute atomic E-state index is 8.23. The Morgan fingerprint density at radius 1 is 1.03 bits per heavy atom.